The summed E-state index contributed by atoms with van der Waals surface area (Å²) in [6, 6.07) is 10.9. The number of H-pyrrole nitrogens is 1. The average Bonchev–Trinajstić information content (AvgIpc) is 2.99. The summed E-state index contributed by atoms with van der Waals surface area (Å²) >= 11 is 1.49. The Bertz CT molecular complexity index is 883. The van der Waals surface area contributed by atoms with E-state index in [1.54, 1.807) is 16.8 Å². The maximum Gasteiger partial charge on any atom is 0.250 e. The number of para-hydroxylation sites is 2. The van der Waals surface area contributed by atoms with Gasteiger partial charge >= 0.3 is 0 Å². The number of anilines is 1. The molecular formula is C17H18N4O2S. The zero-order valence-electron chi connectivity index (χ0n) is 13.3. The second-order valence-electron chi connectivity index (χ2n) is 5.28. The minimum Gasteiger partial charge on any atom is -0.341 e. The van der Waals surface area contributed by atoms with Crippen LogP contribution in [0.3, 0.4) is 0 Å². The summed E-state index contributed by atoms with van der Waals surface area (Å²) in [4.78, 5) is 31.3. The van der Waals surface area contributed by atoms with Crippen LogP contribution in [0.4, 0.5) is 5.69 Å². The van der Waals surface area contributed by atoms with Crippen molar-refractivity contribution in [2.45, 2.75) is 19.2 Å². The maximum absolute atomic E-state index is 12.0. The maximum atomic E-state index is 12.0. The summed E-state index contributed by atoms with van der Waals surface area (Å²) < 4.78 is 1.55. The van der Waals surface area contributed by atoms with E-state index in [-0.39, 0.29) is 11.5 Å². The Balaban J connectivity index is 1.53. The number of aromatic amines is 1. The van der Waals surface area contributed by atoms with Crippen molar-refractivity contribution in [2.24, 2.45) is 0 Å². The molecule has 6 nitrogen and oxygen atoms in total. The second-order valence-corrected chi connectivity index (χ2v) is 6.27. The largest absolute Gasteiger partial charge is 0.341 e. The number of carbonyl (C=O) groups excluding carboxylic acids is 1. The molecule has 0 aliphatic rings. The van der Waals surface area contributed by atoms with Gasteiger partial charge in [-0.1, -0.05) is 12.1 Å². The molecule has 0 fully saturated rings. The Labute approximate surface area is 143 Å². The predicted molar refractivity (Wildman–Crippen MR) is 97.3 cm³/mol. The molecule has 124 valence electrons. The lowest BCUT2D eigenvalue weighted by Gasteiger charge is -2.07. The van der Waals surface area contributed by atoms with Gasteiger partial charge in [0.2, 0.25) is 5.91 Å². The van der Waals surface area contributed by atoms with Crippen LogP contribution in [0.2, 0.25) is 0 Å². The van der Waals surface area contributed by atoms with Crippen molar-refractivity contribution in [3.8, 4) is 0 Å². The van der Waals surface area contributed by atoms with E-state index in [1.165, 1.54) is 17.8 Å². The Kier molecular flexibility index (Phi) is 5.00. The lowest BCUT2D eigenvalue weighted by molar-refractivity contribution is -0.113. The number of imidazole rings is 1. The van der Waals surface area contributed by atoms with Gasteiger partial charge in [-0.3, -0.25) is 9.59 Å². The molecule has 3 rings (SSSR count). The molecule has 3 aromatic rings. The minimum absolute atomic E-state index is 0.0743. The Hall–Kier alpha value is -2.54. The highest BCUT2D eigenvalue weighted by Gasteiger charge is 2.06. The monoisotopic (exact) mass is 342 g/mol. The van der Waals surface area contributed by atoms with Crippen molar-refractivity contribution in [3.05, 3.63) is 58.8 Å². The third-order valence-electron chi connectivity index (χ3n) is 3.52. The Morgan fingerprint density at radius 2 is 2.12 bits per heavy atom. The summed E-state index contributed by atoms with van der Waals surface area (Å²) in [5.74, 6) is 1.71. The highest BCUT2D eigenvalue weighted by Crippen LogP contribution is 2.15. The highest BCUT2D eigenvalue weighted by atomic mass is 32.2. The fourth-order valence-corrected chi connectivity index (χ4v) is 3.05. The number of rotatable bonds is 6. The van der Waals surface area contributed by atoms with Crippen molar-refractivity contribution in [1.82, 2.24) is 14.5 Å². The van der Waals surface area contributed by atoms with E-state index in [0.29, 0.717) is 23.7 Å². The number of hydrogen-bond donors (Lipinski definition) is 2. The molecule has 24 heavy (non-hydrogen) atoms. The van der Waals surface area contributed by atoms with Gasteiger partial charge in [0.1, 0.15) is 5.82 Å². The first-order valence-corrected chi connectivity index (χ1v) is 8.83. The zero-order valence-corrected chi connectivity index (χ0v) is 14.1. The first-order valence-electron chi connectivity index (χ1n) is 7.67. The van der Waals surface area contributed by atoms with Gasteiger partial charge in [-0.05, 0) is 25.1 Å². The zero-order chi connectivity index (χ0) is 16.9. The summed E-state index contributed by atoms with van der Waals surface area (Å²) in [5.41, 5.74) is 2.49. The first-order chi connectivity index (χ1) is 11.7. The topological polar surface area (TPSA) is 79.8 Å². The number of aryl methyl sites for hydroxylation is 1. The minimum atomic E-state index is -0.0996. The standard InChI is InChI=1S/C17H18N4O2S/c1-2-21-9-12(7-8-17(21)23)18-16(22)11-24-10-15-19-13-5-3-4-6-14(13)20-15/h3-9H,2,10-11H2,1H3,(H,18,22)(H,19,20). The molecule has 0 aliphatic heterocycles. The van der Waals surface area contributed by atoms with E-state index in [9.17, 15) is 9.59 Å². The van der Waals surface area contributed by atoms with Gasteiger partial charge in [0.25, 0.3) is 5.56 Å². The number of hydrogen-bond acceptors (Lipinski definition) is 4. The molecular weight excluding hydrogens is 324 g/mol. The van der Waals surface area contributed by atoms with Gasteiger partial charge in [0.05, 0.1) is 28.2 Å². The smallest absolute Gasteiger partial charge is 0.250 e. The number of thioether (sulfide) groups is 1. The molecule has 0 atom stereocenters. The average molecular weight is 342 g/mol. The number of pyridine rings is 1. The van der Waals surface area contributed by atoms with Crippen LogP contribution < -0.4 is 10.9 Å². The summed E-state index contributed by atoms with van der Waals surface area (Å²) in [5, 5.41) is 2.81. The fourth-order valence-electron chi connectivity index (χ4n) is 2.36. The van der Waals surface area contributed by atoms with Gasteiger partial charge in [0.15, 0.2) is 0 Å². The summed E-state index contributed by atoms with van der Waals surface area (Å²) in [6.07, 6.45) is 1.66. The van der Waals surface area contributed by atoms with E-state index in [2.05, 4.69) is 15.3 Å². The van der Waals surface area contributed by atoms with Gasteiger partial charge in [-0.15, -0.1) is 11.8 Å². The molecule has 0 spiro atoms. The molecule has 0 bridgehead atoms. The molecule has 0 radical (unpaired) electrons. The van der Waals surface area contributed by atoms with Crippen molar-refractivity contribution in [2.75, 3.05) is 11.1 Å². The van der Waals surface area contributed by atoms with Crippen LogP contribution in [0.25, 0.3) is 11.0 Å². The number of fused-ring (bicyclic) bond motifs is 1. The SMILES string of the molecule is CCn1cc(NC(=O)CSCc2nc3ccccc3[nH]2)ccc1=O. The number of benzene rings is 1. The van der Waals surface area contributed by atoms with Crippen LogP contribution in [0.5, 0.6) is 0 Å². The van der Waals surface area contributed by atoms with Crippen molar-refractivity contribution in [1.29, 1.82) is 0 Å². The molecule has 2 N–H and O–H groups in total. The lowest BCUT2D eigenvalue weighted by atomic mass is 10.3. The van der Waals surface area contributed by atoms with Crippen LogP contribution in [0.15, 0.2) is 47.4 Å². The molecule has 0 aliphatic carbocycles. The van der Waals surface area contributed by atoms with Crippen molar-refractivity contribution < 1.29 is 4.79 Å². The predicted octanol–water partition coefficient (Wildman–Crippen LogP) is 2.62. The number of nitrogens with one attached hydrogen (secondary N) is 2. The van der Waals surface area contributed by atoms with E-state index in [4.69, 9.17) is 0 Å². The summed E-state index contributed by atoms with van der Waals surface area (Å²) in [6.45, 7) is 2.46. The molecule has 0 unspecified atom stereocenters. The third kappa shape index (κ3) is 3.86. The molecule has 2 aromatic heterocycles. The highest BCUT2D eigenvalue weighted by molar-refractivity contribution is 7.99. The van der Waals surface area contributed by atoms with E-state index < -0.39 is 0 Å². The normalized spacial score (nSPS) is 10.9. The molecule has 1 aromatic carbocycles. The molecule has 0 saturated heterocycles. The third-order valence-corrected chi connectivity index (χ3v) is 4.46. The van der Waals surface area contributed by atoms with Crippen LogP contribution in [0, 0.1) is 0 Å². The second kappa shape index (κ2) is 7.35. The lowest BCUT2D eigenvalue weighted by Crippen LogP contribution is -2.20. The van der Waals surface area contributed by atoms with Gasteiger partial charge in [0, 0.05) is 18.8 Å². The molecule has 7 heteroatoms. The number of nitrogens with zero attached hydrogens (tertiary/aromatic N) is 2. The Morgan fingerprint density at radius 1 is 1.29 bits per heavy atom. The van der Waals surface area contributed by atoms with Crippen LogP contribution >= 0.6 is 11.8 Å². The van der Waals surface area contributed by atoms with E-state index in [1.807, 2.05) is 31.2 Å². The van der Waals surface area contributed by atoms with Crippen molar-refractivity contribution >= 4 is 34.4 Å². The van der Waals surface area contributed by atoms with Gasteiger partial charge in [-0.2, -0.15) is 0 Å². The van der Waals surface area contributed by atoms with Crippen LogP contribution in [-0.4, -0.2) is 26.2 Å². The number of carbonyl (C=O) groups is 1. The number of amides is 1. The van der Waals surface area contributed by atoms with E-state index in [0.717, 1.165) is 16.9 Å². The molecule has 0 saturated carbocycles. The van der Waals surface area contributed by atoms with Crippen LogP contribution in [-0.2, 0) is 17.1 Å². The van der Waals surface area contributed by atoms with E-state index >= 15 is 0 Å². The molecule has 2 heterocycles. The quantitative estimate of drug-likeness (QED) is 0.722. The van der Waals surface area contributed by atoms with Crippen LogP contribution in [0.1, 0.15) is 12.7 Å². The van der Waals surface area contributed by atoms with Gasteiger partial charge < -0.3 is 14.9 Å². The number of aromatic nitrogens is 3. The Morgan fingerprint density at radius 3 is 2.92 bits per heavy atom. The fraction of sp³-hybridized carbons (Fsp3) is 0.235. The van der Waals surface area contributed by atoms with Gasteiger partial charge in [-0.25, -0.2) is 4.98 Å². The molecule has 1 amide bonds. The first kappa shape index (κ1) is 16.3. The van der Waals surface area contributed by atoms with Crippen molar-refractivity contribution in [3.63, 3.8) is 0 Å². The summed E-state index contributed by atoms with van der Waals surface area (Å²) in [7, 11) is 0.